The fourth-order valence-corrected chi connectivity index (χ4v) is 2.23. The van der Waals surface area contributed by atoms with Gasteiger partial charge >= 0.3 is 0 Å². The third kappa shape index (κ3) is 3.08. The van der Waals surface area contributed by atoms with Gasteiger partial charge in [-0.3, -0.25) is 9.59 Å². The molecule has 20 heavy (non-hydrogen) atoms. The van der Waals surface area contributed by atoms with Crippen LogP contribution in [0.1, 0.15) is 13.8 Å². The highest BCUT2D eigenvalue weighted by Gasteiger charge is 2.28. The highest BCUT2D eigenvalue weighted by molar-refractivity contribution is 6.30. The van der Waals surface area contributed by atoms with Gasteiger partial charge in [0.25, 0.3) is 0 Å². The topological polar surface area (TPSA) is 55.4 Å². The molecule has 0 spiro atoms. The van der Waals surface area contributed by atoms with Gasteiger partial charge in [-0.2, -0.15) is 0 Å². The SMILES string of the molecule is CC1=CC(=O)C(=C(C)Nc2cccc(Cl)c2)C(C=O)O1. The van der Waals surface area contributed by atoms with Gasteiger partial charge in [0.2, 0.25) is 0 Å². The first kappa shape index (κ1) is 14.3. The van der Waals surface area contributed by atoms with E-state index >= 15 is 0 Å². The van der Waals surface area contributed by atoms with Gasteiger partial charge in [-0.15, -0.1) is 0 Å². The molecule has 1 aromatic carbocycles. The zero-order valence-electron chi connectivity index (χ0n) is 11.1. The van der Waals surface area contributed by atoms with E-state index in [4.69, 9.17) is 16.3 Å². The number of carbonyl (C=O) groups excluding carboxylic acids is 2. The van der Waals surface area contributed by atoms with Crippen LogP contribution in [0.2, 0.25) is 5.02 Å². The van der Waals surface area contributed by atoms with Gasteiger partial charge in [0.15, 0.2) is 18.2 Å². The fraction of sp³-hybridized carbons (Fsp3) is 0.200. The van der Waals surface area contributed by atoms with Gasteiger partial charge in [0.05, 0.1) is 11.3 Å². The fourth-order valence-electron chi connectivity index (χ4n) is 2.04. The van der Waals surface area contributed by atoms with Crippen LogP contribution < -0.4 is 5.32 Å². The van der Waals surface area contributed by atoms with E-state index < -0.39 is 6.10 Å². The van der Waals surface area contributed by atoms with Crippen molar-refractivity contribution in [3.8, 4) is 0 Å². The molecule has 4 nitrogen and oxygen atoms in total. The molecular formula is C15H14ClNO3. The number of rotatable bonds is 3. The number of nitrogens with one attached hydrogen (secondary N) is 1. The molecule has 0 bridgehead atoms. The van der Waals surface area contributed by atoms with Gasteiger partial charge in [-0.25, -0.2) is 0 Å². The van der Waals surface area contributed by atoms with Crippen molar-refractivity contribution in [1.82, 2.24) is 0 Å². The van der Waals surface area contributed by atoms with Crippen LogP contribution in [0.4, 0.5) is 5.69 Å². The van der Waals surface area contributed by atoms with Crippen molar-refractivity contribution in [2.24, 2.45) is 0 Å². The first-order valence-electron chi connectivity index (χ1n) is 6.09. The van der Waals surface area contributed by atoms with Crippen LogP contribution >= 0.6 is 11.6 Å². The first-order valence-corrected chi connectivity index (χ1v) is 6.47. The number of benzene rings is 1. The molecule has 1 aromatic rings. The highest BCUT2D eigenvalue weighted by Crippen LogP contribution is 2.23. The van der Waals surface area contributed by atoms with Crippen LogP contribution in [0, 0.1) is 0 Å². The second-order valence-electron chi connectivity index (χ2n) is 4.47. The van der Waals surface area contributed by atoms with Crippen LogP contribution in [0.25, 0.3) is 0 Å². The Morgan fingerprint density at radius 1 is 1.45 bits per heavy atom. The van der Waals surface area contributed by atoms with Crippen LogP contribution in [-0.4, -0.2) is 18.2 Å². The largest absolute Gasteiger partial charge is 0.482 e. The highest BCUT2D eigenvalue weighted by atomic mass is 35.5. The zero-order chi connectivity index (χ0) is 14.7. The number of allylic oxidation sites excluding steroid dienone is 3. The maximum atomic E-state index is 12.0. The molecule has 2 rings (SSSR count). The summed E-state index contributed by atoms with van der Waals surface area (Å²) in [5.41, 5.74) is 1.62. The second-order valence-corrected chi connectivity index (χ2v) is 4.90. The van der Waals surface area contributed by atoms with E-state index in [2.05, 4.69) is 5.32 Å². The van der Waals surface area contributed by atoms with E-state index in [0.29, 0.717) is 28.3 Å². The van der Waals surface area contributed by atoms with Gasteiger partial charge in [-0.05, 0) is 32.0 Å². The average molecular weight is 292 g/mol. The Balaban J connectivity index is 2.34. The zero-order valence-corrected chi connectivity index (χ0v) is 11.9. The predicted molar refractivity (Wildman–Crippen MR) is 77.5 cm³/mol. The third-order valence-corrected chi connectivity index (χ3v) is 3.12. The molecule has 1 N–H and O–H groups in total. The summed E-state index contributed by atoms with van der Waals surface area (Å²) in [7, 11) is 0. The molecular weight excluding hydrogens is 278 g/mol. The molecule has 0 radical (unpaired) electrons. The Morgan fingerprint density at radius 3 is 2.85 bits per heavy atom. The molecule has 1 aliphatic heterocycles. The summed E-state index contributed by atoms with van der Waals surface area (Å²) in [6, 6.07) is 7.10. The van der Waals surface area contributed by atoms with E-state index in [1.807, 2.05) is 6.07 Å². The van der Waals surface area contributed by atoms with Crippen LogP contribution in [0.5, 0.6) is 0 Å². The van der Waals surface area contributed by atoms with E-state index in [1.165, 1.54) is 6.08 Å². The molecule has 0 saturated carbocycles. The molecule has 0 aliphatic carbocycles. The summed E-state index contributed by atoms with van der Waals surface area (Å²) >= 11 is 5.90. The molecule has 1 atom stereocenters. The number of aldehydes is 1. The average Bonchev–Trinajstić information content (AvgIpc) is 2.37. The molecule has 1 unspecified atom stereocenters. The minimum atomic E-state index is -0.876. The standard InChI is InChI=1S/C15H14ClNO3/c1-9-6-13(19)15(14(8-18)20-9)10(2)17-12-5-3-4-11(16)7-12/h3-8,14,17H,1-2H3. The Labute approximate surface area is 122 Å². The van der Waals surface area contributed by atoms with Gasteiger partial charge in [0, 0.05) is 22.5 Å². The molecule has 1 aliphatic rings. The lowest BCUT2D eigenvalue weighted by molar-refractivity contribution is -0.120. The Hall–Kier alpha value is -2.07. The summed E-state index contributed by atoms with van der Waals surface area (Å²) in [4.78, 5) is 23.1. The summed E-state index contributed by atoms with van der Waals surface area (Å²) < 4.78 is 5.35. The minimum absolute atomic E-state index is 0.224. The van der Waals surface area contributed by atoms with E-state index in [0.717, 1.165) is 5.69 Å². The Bertz CT molecular complexity index is 619. The smallest absolute Gasteiger partial charge is 0.191 e. The van der Waals surface area contributed by atoms with Crippen molar-refractivity contribution >= 4 is 29.4 Å². The monoisotopic (exact) mass is 291 g/mol. The number of carbonyl (C=O) groups is 2. The minimum Gasteiger partial charge on any atom is -0.482 e. The number of hydrogen-bond donors (Lipinski definition) is 1. The lowest BCUT2D eigenvalue weighted by Gasteiger charge is -2.23. The summed E-state index contributed by atoms with van der Waals surface area (Å²) in [5, 5.41) is 3.65. The van der Waals surface area contributed by atoms with Crippen molar-refractivity contribution in [2.75, 3.05) is 5.32 Å². The number of hydrogen-bond acceptors (Lipinski definition) is 4. The van der Waals surface area contributed by atoms with Crippen LogP contribution in [0.15, 0.2) is 47.4 Å². The Morgan fingerprint density at radius 2 is 2.20 bits per heavy atom. The van der Waals surface area contributed by atoms with E-state index in [1.54, 1.807) is 32.0 Å². The van der Waals surface area contributed by atoms with Crippen molar-refractivity contribution < 1.29 is 14.3 Å². The quantitative estimate of drug-likeness (QED) is 0.687. The number of anilines is 1. The number of ketones is 1. The van der Waals surface area contributed by atoms with Crippen LogP contribution in [0.3, 0.4) is 0 Å². The third-order valence-electron chi connectivity index (χ3n) is 2.88. The van der Waals surface area contributed by atoms with E-state index in [-0.39, 0.29) is 5.78 Å². The molecule has 104 valence electrons. The summed E-state index contributed by atoms with van der Waals surface area (Å²) in [6.45, 7) is 3.37. The number of halogens is 1. The van der Waals surface area contributed by atoms with Crippen molar-refractivity contribution in [2.45, 2.75) is 20.0 Å². The van der Waals surface area contributed by atoms with Gasteiger partial charge in [-0.1, -0.05) is 17.7 Å². The molecule has 0 amide bonds. The number of ether oxygens (including phenoxy) is 1. The predicted octanol–water partition coefficient (Wildman–Crippen LogP) is 3.10. The van der Waals surface area contributed by atoms with Crippen molar-refractivity contribution in [1.29, 1.82) is 0 Å². The first-order chi connectivity index (χ1) is 9.51. The molecule has 5 heteroatoms. The van der Waals surface area contributed by atoms with Gasteiger partial charge in [0.1, 0.15) is 0 Å². The maximum Gasteiger partial charge on any atom is 0.191 e. The summed E-state index contributed by atoms with van der Waals surface area (Å²) in [6.07, 6.45) is 1.12. The van der Waals surface area contributed by atoms with Gasteiger partial charge < -0.3 is 10.1 Å². The summed E-state index contributed by atoms with van der Waals surface area (Å²) in [5.74, 6) is 0.212. The molecule has 0 aromatic heterocycles. The molecule has 0 fully saturated rings. The maximum absolute atomic E-state index is 12.0. The second kappa shape index (κ2) is 5.92. The normalized spacial score (nSPS) is 20.9. The van der Waals surface area contributed by atoms with E-state index in [9.17, 15) is 9.59 Å². The molecule has 0 saturated heterocycles. The van der Waals surface area contributed by atoms with Crippen molar-refractivity contribution in [3.05, 3.63) is 52.4 Å². The lowest BCUT2D eigenvalue weighted by Crippen LogP contribution is -2.28. The van der Waals surface area contributed by atoms with Crippen molar-refractivity contribution in [3.63, 3.8) is 0 Å². The van der Waals surface area contributed by atoms with Crippen LogP contribution in [-0.2, 0) is 14.3 Å². The molecule has 1 heterocycles. The Kier molecular flexibility index (Phi) is 4.25. The lowest BCUT2D eigenvalue weighted by atomic mass is 10.0.